The minimum atomic E-state index is 0.0385. The predicted octanol–water partition coefficient (Wildman–Crippen LogP) is 3.56. The van der Waals surface area contributed by atoms with Gasteiger partial charge < -0.3 is 10.2 Å². The van der Waals surface area contributed by atoms with E-state index >= 15 is 0 Å². The Bertz CT molecular complexity index is 1020. The molecule has 1 aliphatic heterocycles. The second-order valence-corrected chi connectivity index (χ2v) is 8.06. The Morgan fingerprint density at radius 3 is 2.37 bits per heavy atom. The first-order valence-corrected chi connectivity index (χ1v) is 10.4. The zero-order valence-electron chi connectivity index (χ0n) is 17.9. The molecule has 0 unspecified atom stereocenters. The van der Waals surface area contributed by atoms with E-state index in [0.29, 0.717) is 6.54 Å². The molecule has 1 aromatic heterocycles. The number of imidazole rings is 1. The summed E-state index contributed by atoms with van der Waals surface area (Å²) in [6.45, 7) is 9.95. The summed E-state index contributed by atoms with van der Waals surface area (Å²) in [5.41, 5.74) is 5.54. The highest BCUT2D eigenvalue weighted by atomic mass is 16.2. The molecule has 6 heteroatoms. The molecule has 1 amide bonds. The molecule has 156 valence electrons. The van der Waals surface area contributed by atoms with Crippen LogP contribution in [0.25, 0.3) is 5.69 Å². The predicted molar refractivity (Wildman–Crippen MR) is 121 cm³/mol. The van der Waals surface area contributed by atoms with Gasteiger partial charge in [-0.1, -0.05) is 35.4 Å². The number of nitrogens with one attached hydrogen (secondary N) is 1. The largest absolute Gasteiger partial charge is 0.339 e. The summed E-state index contributed by atoms with van der Waals surface area (Å²) in [6, 6.07) is 14.6. The number of rotatable bonds is 5. The third kappa shape index (κ3) is 4.54. The molecule has 1 saturated heterocycles. The molecule has 0 bridgehead atoms. The number of hydrogen-bond acceptors (Lipinski definition) is 4. The van der Waals surface area contributed by atoms with Crippen LogP contribution in [0.15, 0.2) is 54.9 Å². The number of anilines is 2. The van der Waals surface area contributed by atoms with Gasteiger partial charge in [-0.3, -0.25) is 14.3 Å². The maximum absolute atomic E-state index is 12.5. The highest BCUT2D eigenvalue weighted by Gasteiger charge is 2.22. The third-order valence-electron chi connectivity index (χ3n) is 5.61. The van der Waals surface area contributed by atoms with Crippen LogP contribution in [-0.4, -0.2) is 53.1 Å². The van der Waals surface area contributed by atoms with Gasteiger partial charge in [0.05, 0.1) is 6.54 Å². The maximum atomic E-state index is 12.5. The number of hydrogen-bond donors (Lipinski definition) is 1. The van der Waals surface area contributed by atoms with Gasteiger partial charge in [-0.05, 0) is 44.5 Å². The molecule has 6 nitrogen and oxygen atoms in total. The molecule has 1 aliphatic rings. The van der Waals surface area contributed by atoms with Gasteiger partial charge in [0, 0.05) is 49.9 Å². The van der Waals surface area contributed by atoms with Gasteiger partial charge in [-0.25, -0.2) is 4.98 Å². The average molecular weight is 404 g/mol. The quantitative estimate of drug-likeness (QED) is 0.708. The Balaban J connectivity index is 1.34. The van der Waals surface area contributed by atoms with E-state index in [9.17, 15) is 4.79 Å². The summed E-state index contributed by atoms with van der Waals surface area (Å²) in [5, 5.41) is 3.05. The second-order valence-electron chi connectivity index (χ2n) is 8.06. The first-order valence-electron chi connectivity index (χ1n) is 10.4. The lowest BCUT2D eigenvalue weighted by atomic mass is 10.1. The van der Waals surface area contributed by atoms with Crippen molar-refractivity contribution in [3.05, 3.63) is 71.5 Å². The van der Waals surface area contributed by atoms with Gasteiger partial charge in [0.1, 0.15) is 0 Å². The molecule has 2 aromatic carbocycles. The number of benzene rings is 2. The fourth-order valence-corrected chi connectivity index (χ4v) is 3.89. The van der Waals surface area contributed by atoms with Crippen LogP contribution in [0.1, 0.15) is 16.7 Å². The van der Waals surface area contributed by atoms with Gasteiger partial charge in [-0.2, -0.15) is 0 Å². The van der Waals surface area contributed by atoms with Gasteiger partial charge in [-0.15, -0.1) is 0 Å². The number of carbonyl (C=O) groups is 1. The smallest absolute Gasteiger partial charge is 0.238 e. The average Bonchev–Trinajstić information content (AvgIpc) is 3.21. The summed E-state index contributed by atoms with van der Waals surface area (Å²) in [5.74, 6) is 0.995. The lowest BCUT2D eigenvalue weighted by Gasteiger charge is -2.35. The normalized spacial score (nSPS) is 14.7. The van der Waals surface area contributed by atoms with E-state index in [2.05, 4.69) is 68.8 Å². The van der Waals surface area contributed by atoms with Crippen LogP contribution in [0.4, 0.5) is 11.6 Å². The molecule has 1 fully saturated rings. The summed E-state index contributed by atoms with van der Waals surface area (Å²) in [6.07, 6.45) is 3.85. The molecule has 1 N–H and O–H groups in total. The summed E-state index contributed by atoms with van der Waals surface area (Å²) >= 11 is 0. The Morgan fingerprint density at radius 2 is 1.67 bits per heavy atom. The molecular weight excluding hydrogens is 374 g/mol. The van der Waals surface area contributed by atoms with Gasteiger partial charge in [0.2, 0.25) is 11.9 Å². The zero-order chi connectivity index (χ0) is 21.1. The van der Waals surface area contributed by atoms with Crippen LogP contribution in [0.5, 0.6) is 0 Å². The zero-order valence-corrected chi connectivity index (χ0v) is 17.9. The lowest BCUT2D eigenvalue weighted by Crippen LogP contribution is -2.49. The van der Waals surface area contributed by atoms with Crippen molar-refractivity contribution >= 4 is 17.5 Å². The van der Waals surface area contributed by atoms with Crippen LogP contribution in [0, 0.1) is 20.8 Å². The molecular formula is C24H29N5O. The van der Waals surface area contributed by atoms with E-state index in [0.717, 1.165) is 49.1 Å². The van der Waals surface area contributed by atoms with E-state index in [1.165, 1.54) is 11.1 Å². The van der Waals surface area contributed by atoms with Crippen LogP contribution in [0.3, 0.4) is 0 Å². The standard InChI is InChI=1S/C24H29N5O/c1-18-4-7-21(8-5-18)29-11-10-25-24(29)28-14-12-27(13-15-28)17-23(30)26-22-9-6-19(2)16-20(22)3/h4-11,16H,12-15,17H2,1-3H3,(H,26,30). The Morgan fingerprint density at radius 1 is 0.967 bits per heavy atom. The number of aromatic nitrogens is 2. The minimum Gasteiger partial charge on any atom is -0.339 e. The number of piperazine rings is 1. The molecule has 0 spiro atoms. The van der Waals surface area contributed by atoms with Crippen LogP contribution < -0.4 is 10.2 Å². The maximum Gasteiger partial charge on any atom is 0.238 e. The topological polar surface area (TPSA) is 53.4 Å². The van der Waals surface area contributed by atoms with E-state index in [-0.39, 0.29) is 5.91 Å². The second kappa shape index (κ2) is 8.71. The molecule has 30 heavy (non-hydrogen) atoms. The molecule has 0 atom stereocenters. The van der Waals surface area contributed by atoms with Crippen molar-refractivity contribution in [2.45, 2.75) is 20.8 Å². The SMILES string of the molecule is Cc1ccc(-n2ccnc2N2CCN(CC(=O)Nc3ccc(C)cc3C)CC2)cc1. The van der Waals surface area contributed by atoms with E-state index in [1.807, 2.05) is 31.5 Å². The van der Waals surface area contributed by atoms with Crippen molar-refractivity contribution < 1.29 is 4.79 Å². The Kier molecular flexibility index (Phi) is 5.86. The Hall–Kier alpha value is -3.12. The van der Waals surface area contributed by atoms with E-state index in [4.69, 9.17) is 0 Å². The summed E-state index contributed by atoms with van der Waals surface area (Å²) in [7, 11) is 0. The van der Waals surface area contributed by atoms with Gasteiger partial charge >= 0.3 is 0 Å². The van der Waals surface area contributed by atoms with Crippen LogP contribution in [-0.2, 0) is 4.79 Å². The first kappa shape index (κ1) is 20.2. The molecule has 0 aliphatic carbocycles. The van der Waals surface area contributed by atoms with Crippen LogP contribution in [0.2, 0.25) is 0 Å². The number of aryl methyl sites for hydroxylation is 3. The number of carbonyl (C=O) groups excluding carboxylic acids is 1. The molecule has 2 heterocycles. The third-order valence-corrected chi connectivity index (χ3v) is 5.61. The Labute approximate surface area is 178 Å². The number of amides is 1. The lowest BCUT2D eigenvalue weighted by molar-refractivity contribution is -0.117. The monoisotopic (exact) mass is 403 g/mol. The minimum absolute atomic E-state index is 0.0385. The highest BCUT2D eigenvalue weighted by molar-refractivity contribution is 5.93. The van der Waals surface area contributed by atoms with E-state index in [1.54, 1.807) is 0 Å². The van der Waals surface area contributed by atoms with E-state index < -0.39 is 0 Å². The van der Waals surface area contributed by atoms with Crippen molar-refractivity contribution in [3.8, 4) is 5.69 Å². The molecule has 0 radical (unpaired) electrons. The molecule has 3 aromatic rings. The highest BCUT2D eigenvalue weighted by Crippen LogP contribution is 2.20. The van der Waals surface area contributed by atoms with Crippen molar-refractivity contribution in [2.75, 3.05) is 42.9 Å². The summed E-state index contributed by atoms with van der Waals surface area (Å²) in [4.78, 5) is 21.6. The fraction of sp³-hybridized carbons (Fsp3) is 0.333. The van der Waals surface area contributed by atoms with Gasteiger partial charge in [0.15, 0.2) is 0 Å². The van der Waals surface area contributed by atoms with Crippen molar-refractivity contribution in [2.24, 2.45) is 0 Å². The molecule has 4 rings (SSSR count). The van der Waals surface area contributed by atoms with Crippen molar-refractivity contribution in [3.63, 3.8) is 0 Å². The fourth-order valence-electron chi connectivity index (χ4n) is 3.89. The number of nitrogens with zero attached hydrogens (tertiary/aromatic N) is 4. The van der Waals surface area contributed by atoms with Gasteiger partial charge in [0.25, 0.3) is 0 Å². The van der Waals surface area contributed by atoms with Crippen LogP contribution >= 0.6 is 0 Å². The van der Waals surface area contributed by atoms with Crippen molar-refractivity contribution in [1.29, 1.82) is 0 Å². The first-order chi connectivity index (χ1) is 14.5. The molecule has 0 saturated carbocycles. The summed E-state index contributed by atoms with van der Waals surface area (Å²) < 4.78 is 2.13. The van der Waals surface area contributed by atoms with Crippen molar-refractivity contribution in [1.82, 2.24) is 14.5 Å².